The molecule has 0 heterocycles. The Bertz CT molecular complexity index is 993. The maximum atomic E-state index is 12.2. The smallest absolute Gasteiger partial charge is 0.262 e. The standard InChI is InChI=1S/C24H25ClN2O3/c1-3-29-22-14-18(15-26-20-11-7-8-17(2)12-20)13-21(25)24(22)30-16-23(28)27-19-9-5-4-6-10-19/h4-14,26H,3,15-16H2,1-2H3,(H,27,28). The van der Waals surface area contributed by atoms with Crippen LogP contribution in [0.25, 0.3) is 0 Å². The fourth-order valence-electron chi connectivity index (χ4n) is 2.94. The number of nitrogens with one attached hydrogen (secondary N) is 2. The molecule has 3 aromatic carbocycles. The predicted molar refractivity (Wildman–Crippen MR) is 122 cm³/mol. The number of rotatable bonds is 9. The van der Waals surface area contributed by atoms with E-state index in [-0.39, 0.29) is 12.5 Å². The second kappa shape index (κ2) is 10.6. The average molecular weight is 425 g/mol. The number of benzene rings is 3. The number of halogens is 1. The van der Waals surface area contributed by atoms with E-state index in [1.54, 1.807) is 0 Å². The summed E-state index contributed by atoms with van der Waals surface area (Å²) in [4.78, 5) is 12.2. The van der Waals surface area contributed by atoms with Crippen LogP contribution in [0.2, 0.25) is 5.02 Å². The summed E-state index contributed by atoms with van der Waals surface area (Å²) in [5, 5.41) is 6.55. The molecule has 0 radical (unpaired) electrons. The number of hydrogen-bond acceptors (Lipinski definition) is 4. The molecule has 5 nitrogen and oxygen atoms in total. The van der Waals surface area contributed by atoms with E-state index in [1.807, 2.05) is 61.5 Å². The summed E-state index contributed by atoms with van der Waals surface area (Å²) >= 11 is 6.46. The van der Waals surface area contributed by atoms with E-state index in [4.69, 9.17) is 21.1 Å². The molecule has 6 heteroatoms. The number of carbonyl (C=O) groups excluding carboxylic acids is 1. The molecule has 0 unspecified atom stereocenters. The number of aryl methyl sites for hydroxylation is 1. The van der Waals surface area contributed by atoms with Crippen molar-refractivity contribution in [1.82, 2.24) is 0 Å². The number of para-hydroxylation sites is 1. The van der Waals surface area contributed by atoms with Crippen LogP contribution in [-0.2, 0) is 11.3 Å². The first-order valence-electron chi connectivity index (χ1n) is 9.78. The van der Waals surface area contributed by atoms with Gasteiger partial charge in [0.05, 0.1) is 11.6 Å². The van der Waals surface area contributed by atoms with E-state index in [0.29, 0.717) is 35.4 Å². The van der Waals surface area contributed by atoms with Crippen LogP contribution in [0.15, 0.2) is 66.7 Å². The Morgan fingerprint density at radius 2 is 1.73 bits per heavy atom. The van der Waals surface area contributed by atoms with Crippen molar-refractivity contribution in [2.24, 2.45) is 0 Å². The fraction of sp³-hybridized carbons (Fsp3) is 0.208. The lowest BCUT2D eigenvalue weighted by Crippen LogP contribution is -2.20. The van der Waals surface area contributed by atoms with Gasteiger partial charge in [-0.15, -0.1) is 0 Å². The largest absolute Gasteiger partial charge is 0.490 e. The molecule has 2 N–H and O–H groups in total. The molecule has 1 amide bonds. The van der Waals surface area contributed by atoms with Gasteiger partial charge in [-0.1, -0.05) is 41.9 Å². The van der Waals surface area contributed by atoms with Crippen LogP contribution in [0.5, 0.6) is 11.5 Å². The highest BCUT2D eigenvalue weighted by Crippen LogP contribution is 2.37. The average Bonchev–Trinajstić information content (AvgIpc) is 2.73. The van der Waals surface area contributed by atoms with Crippen molar-refractivity contribution in [3.05, 3.63) is 82.9 Å². The van der Waals surface area contributed by atoms with Gasteiger partial charge >= 0.3 is 0 Å². The van der Waals surface area contributed by atoms with E-state index in [0.717, 1.165) is 11.3 Å². The summed E-state index contributed by atoms with van der Waals surface area (Å²) in [5.41, 5.74) is 3.87. The molecule has 0 fully saturated rings. The molecule has 0 saturated heterocycles. The van der Waals surface area contributed by atoms with Gasteiger partial charge in [0, 0.05) is 17.9 Å². The van der Waals surface area contributed by atoms with Crippen molar-refractivity contribution in [2.75, 3.05) is 23.8 Å². The van der Waals surface area contributed by atoms with Gasteiger partial charge in [-0.2, -0.15) is 0 Å². The number of ether oxygens (including phenoxy) is 2. The molecule has 3 rings (SSSR count). The Morgan fingerprint density at radius 3 is 2.47 bits per heavy atom. The SMILES string of the molecule is CCOc1cc(CNc2cccc(C)c2)cc(Cl)c1OCC(=O)Nc1ccccc1. The Hall–Kier alpha value is -3.18. The molecule has 0 saturated carbocycles. The van der Waals surface area contributed by atoms with Gasteiger partial charge in [0.25, 0.3) is 5.91 Å². The first kappa shape index (κ1) is 21.5. The van der Waals surface area contributed by atoms with Crippen LogP contribution in [0, 0.1) is 6.92 Å². The monoisotopic (exact) mass is 424 g/mol. The third kappa shape index (κ3) is 6.16. The molecule has 0 aliphatic carbocycles. The van der Waals surface area contributed by atoms with E-state index in [1.165, 1.54) is 5.56 Å². The zero-order valence-corrected chi connectivity index (χ0v) is 17.8. The van der Waals surface area contributed by atoms with Gasteiger partial charge in [0.15, 0.2) is 18.1 Å². The van der Waals surface area contributed by atoms with Crippen LogP contribution in [0.4, 0.5) is 11.4 Å². The topological polar surface area (TPSA) is 59.6 Å². The molecule has 0 atom stereocenters. The maximum Gasteiger partial charge on any atom is 0.262 e. The minimum atomic E-state index is -0.273. The van der Waals surface area contributed by atoms with Gasteiger partial charge in [-0.05, 0) is 61.4 Å². The van der Waals surface area contributed by atoms with Crippen molar-refractivity contribution in [1.29, 1.82) is 0 Å². The Morgan fingerprint density at radius 1 is 0.967 bits per heavy atom. The van der Waals surface area contributed by atoms with Gasteiger partial charge in [-0.25, -0.2) is 0 Å². The van der Waals surface area contributed by atoms with Crippen LogP contribution < -0.4 is 20.1 Å². The van der Waals surface area contributed by atoms with Gasteiger partial charge < -0.3 is 20.1 Å². The lowest BCUT2D eigenvalue weighted by atomic mass is 10.1. The first-order valence-corrected chi connectivity index (χ1v) is 10.2. The number of hydrogen-bond donors (Lipinski definition) is 2. The Kier molecular flexibility index (Phi) is 7.57. The fourth-order valence-corrected chi connectivity index (χ4v) is 3.23. The molecule has 0 aliphatic rings. The van der Waals surface area contributed by atoms with Crippen LogP contribution in [0.1, 0.15) is 18.1 Å². The highest BCUT2D eigenvalue weighted by Gasteiger charge is 2.14. The number of carbonyl (C=O) groups is 1. The second-order valence-electron chi connectivity index (χ2n) is 6.76. The normalized spacial score (nSPS) is 10.4. The van der Waals surface area contributed by atoms with E-state index < -0.39 is 0 Å². The lowest BCUT2D eigenvalue weighted by molar-refractivity contribution is -0.118. The lowest BCUT2D eigenvalue weighted by Gasteiger charge is -2.16. The Balaban J connectivity index is 1.67. The van der Waals surface area contributed by atoms with E-state index >= 15 is 0 Å². The number of anilines is 2. The predicted octanol–water partition coefficient (Wildman–Crippen LogP) is 5.68. The molecule has 30 heavy (non-hydrogen) atoms. The number of amides is 1. The molecule has 0 aromatic heterocycles. The van der Waals surface area contributed by atoms with Crippen molar-refractivity contribution < 1.29 is 14.3 Å². The van der Waals surface area contributed by atoms with Crippen molar-refractivity contribution >= 4 is 28.9 Å². The quantitative estimate of drug-likeness (QED) is 0.464. The van der Waals surface area contributed by atoms with Gasteiger partial charge in [-0.3, -0.25) is 4.79 Å². The minimum absolute atomic E-state index is 0.171. The molecule has 3 aromatic rings. The summed E-state index contributed by atoms with van der Waals surface area (Å²) in [6, 6.07) is 21.1. The zero-order valence-electron chi connectivity index (χ0n) is 17.1. The van der Waals surface area contributed by atoms with Crippen molar-refractivity contribution in [2.45, 2.75) is 20.4 Å². The minimum Gasteiger partial charge on any atom is -0.490 e. The zero-order chi connectivity index (χ0) is 21.3. The molecule has 156 valence electrons. The van der Waals surface area contributed by atoms with Crippen LogP contribution in [-0.4, -0.2) is 19.1 Å². The summed E-state index contributed by atoms with van der Waals surface area (Å²) in [6.45, 7) is 4.80. The van der Waals surface area contributed by atoms with Gasteiger partial charge in [0.1, 0.15) is 0 Å². The van der Waals surface area contributed by atoms with E-state index in [2.05, 4.69) is 29.7 Å². The van der Waals surface area contributed by atoms with Crippen molar-refractivity contribution in [3.8, 4) is 11.5 Å². The molecular formula is C24H25ClN2O3. The second-order valence-corrected chi connectivity index (χ2v) is 7.17. The highest BCUT2D eigenvalue weighted by atomic mass is 35.5. The summed E-state index contributed by atoms with van der Waals surface area (Å²) in [5.74, 6) is 0.601. The molecule has 0 bridgehead atoms. The highest BCUT2D eigenvalue weighted by molar-refractivity contribution is 6.32. The molecular weight excluding hydrogens is 400 g/mol. The first-order chi connectivity index (χ1) is 14.5. The molecule has 0 aliphatic heterocycles. The molecule has 0 spiro atoms. The van der Waals surface area contributed by atoms with Crippen LogP contribution in [0.3, 0.4) is 0 Å². The van der Waals surface area contributed by atoms with Gasteiger partial charge in [0.2, 0.25) is 0 Å². The maximum absolute atomic E-state index is 12.2. The summed E-state index contributed by atoms with van der Waals surface area (Å²) in [7, 11) is 0. The summed E-state index contributed by atoms with van der Waals surface area (Å²) in [6.07, 6.45) is 0. The summed E-state index contributed by atoms with van der Waals surface area (Å²) < 4.78 is 11.4. The van der Waals surface area contributed by atoms with E-state index in [9.17, 15) is 4.79 Å². The Labute approximate surface area is 182 Å². The van der Waals surface area contributed by atoms with Crippen molar-refractivity contribution in [3.63, 3.8) is 0 Å². The van der Waals surface area contributed by atoms with Crippen LogP contribution >= 0.6 is 11.6 Å². The third-order valence-electron chi connectivity index (χ3n) is 4.29. The third-order valence-corrected chi connectivity index (χ3v) is 4.57.